The van der Waals surface area contributed by atoms with Crippen molar-refractivity contribution in [3.8, 4) is 23.7 Å². The summed E-state index contributed by atoms with van der Waals surface area (Å²) in [5.41, 5.74) is -1.77. The van der Waals surface area contributed by atoms with Crippen molar-refractivity contribution in [1.29, 1.82) is 0 Å². The maximum atomic E-state index is 13.3. The molecule has 3 nitrogen and oxygen atoms in total. The molecule has 0 heterocycles. The summed E-state index contributed by atoms with van der Waals surface area (Å²) in [7, 11) is -3.41. The topological polar surface area (TPSA) is 35.5 Å². The summed E-state index contributed by atoms with van der Waals surface area (Å²) in [6.07, 6.45) is 9.08. The van der Waals surface area contributed by atoms with Crippen molar-refractivity contribution in [1.82, 2.24) is 0 Å². The molecule has 0 bridgehead atoms. The van der Waals surface area contributed by atoms with Gasteiger partial charge in [0.1, 0.15) is 11.2 Å². The van der Waals surface area contributed by atoms with Gasteiger partial charge < -0.3 is 0 Å². The van der Waals surface area contributed by atoms with Crippen LogP contribution in [0.2, 0.25) is 0 Å². The smallest absolute Gasteiger partial charge is 0.289 e. The summed E-state index contributed by atoms with van der Waals surface area (Å²) in [6, 6.07) is 0. The molecular formula is C22H33O3P. The van der Waals surface area contributed by atoms with Gasteiger partial charge in [-0.2, -0.15) is 0 Å². The first-order valence-electron chi connectivity index (χ1n) is 8.93. The van der Waals surface area contributed by atoms with Gasteiger partial charge in [-0.3, -0.25) is 13.6 Å². The average Bonchev–Trinajstić information content (AvgIpc) is 2.53. The molecule has 0 spiro atoms. The second-order valence-electron chi connectivity index (χ2n) is 6.87. The van der Waals surface area contributed by atoms with Crippen LogP contribution in [0.3, 0.4) is 0 Å². The van der Waals surface area contributed by atoms with Crippen LogP contribution in [0.4, 0.5) is 0 Å². The molecule has 0 N–H and O–H groups in total. The lowest BCUT2D eigenvalue weighted by Gasteiger charge is -2.31. The molecule has 0 aliphatic rings. The second kappa shape index (κ2) is 12.0. The zero-order valence-electron chi connectivity index (χ0n) is 16.8. The minimum absolute atomic E-state index is 0.242. The molecule has 0 aromatic heterocycles. The lowest BCUT2D eigenvalue weighted by molar-refractivity contribution is 0.0837. The highest BCUT2D eigenvalue weighted by molar-refractivity contribution is 7.53. The lowest BCUT2D eigenvalue weighted by atomic mass is 10.1. The van der Waals surface area contributed by atoms with E-state index in [1.165, 1.54) is 0 Å². The van der Waals surface area contributed by atoms with E-state index in [-0.39, 0.29) is 6.16 Å². The van der Waals surface area contributed by atoms with Crippen LogP contribution in [-0.2, 0) is 13.6 Å². The van der Waals surface area contributed by atoms with Gasteiger partial charge in [-0.05, 0) is 47.0 Å². The van der Waals surface area contributed by atoms with E-state index in [1.807, 2.05) is 12.2 Å². The van der Waals surface area contributed by atoms with Gasteiger partial charge >= 0.3 is 7.60 Å². The highest BCUT2D eigenvalue weighted by atomic mass is 31.2. The van der Waals surface area contributed by atoms with Gasteiger partial charge in [-0.15, -0.1) is 19.7 Å². The third-order valence-electron chi connectivity index (χ3n) is 3.07. The van der Waals surface area contributed by atoms with Crippen molar-refractivity contribution in [3.05, 3.63) is 38.0 Å². The zero-order valence-corrected chi connectivity index (χ0v) is 17.7. The van der Waals surface area contributed by atoms with Crippen molar-refractivity contribution in [3.63, 3.8) is 0 Å². The van der Waals surface area contributed by atoms with E-state index >= 15 is 0 Å². The Hall–Kier alpha value is -1.51. The van der Waals surface area contributed by atoms with E-state index in [0.29, 0.717) is 19.3 Å². The second-order valence-corrected chi connectivity index (χ2v) is 8.91. The van der Waals surface area contributed by atoms with Crippen LogP contribution in [0.5, 0.6) is 0 Å². The van der Waals surface area contributed by atoms with E-state index < -0.39 is 18.8 Å². The first-order valence-corrected chi connectivity index (χ1v) is 10.7. The number of hydrogen-bond donors (Lipinski definition) is 0. The van der Waals surface area contributed by atoms with Crippen molar-refractivity contribution in [2.45, 2.75) is 71.0 Å². The summed E-state index contributed by atoms with van der Waals surface area (Å²) < 4.78 is 25.1. The van der Waals surface area contributed by atoms with Crippen molar-refractivity contribution in [2.24, 2.45) is 0 Å². The monoisotopic (exact) mass is 376 g/mol. The Kier molecular flexibility index (Phi) is 11.3. The molecule has 0 aliphatic heterocycles. The number of allylic oxidation sites excluding steroid dienone is 3. The average molecular weight is 376 g/mol. The van der Waals surface area contributed by atoms with Crippen molar-refractivity contribution < 1.29 is 13.6 Å². The first-order chi connectivity index (χ1) is 12.1. The number of hydrogen-bond acceptors (Lipinski definition) is 3. The van der Waals surface area contributed by atoms with E-state index in [4.69, 9.17) is 9.05 Å². The molecule has 0 fully saturated rings. The fraction of sp³-hybridized carbons (Fsp3) is 0.545. The van der Waals surface area contributed by atoms with Crippen LogP contribution in [0.15, 0.2) is 38.0 Å². The summed E-state index contributed by atoms with van der Waals surface area (Å²) in [5.74, 6) is 12.1. The fourth-order valence-electron chi connectivity index (χ4n) is 2.00. The van der Waals surface area contributed by atoms with Gasteiger partial charge in [-0.25, -0.2) is 0 Å². The molecule has 0 rings (SSSR count). The van der Waals surface area contributed by atoms with Gasteiger partial charge in [0.25, 0.3) is 0 Å². The Labute approximate surface area is 160 Å². The first kappa shape index (κ1) is 24.5. The summed E-state index contributed by atoms with van der Waals surface area (Å²) >= 11 is 0. The highest BCUT2D eigenvalue weighted by Gasteiger charge is 2.36. The van der Waals surface area contributed by atoms with Crippen LogP contribution in [0.1, 0.15) is 59.8 Å². The predicted octanol–water partition coefficient (Wildman–Crippen LogP) is 6.29. The summed E-state index contributed by atoms with van der Waals surface area (Å²) in [6.45, 7) is 18.2. The number of rotatable bonds is 11. The summed E-state index contributed by atoms with van der Waals surface area (Å²) in [4.78, 5) is 0. The Morgan fingerprint density at radius 1 is 0.808 bits per heavy atom. The number of unbranched alkanes of at least 4 members (excludes halogenated alkanes) is 2. The maximum absolute atomic E-state index is 13.3. The van der Waals surface area contributed by atoms with Gasteiger partial charge in [0, 0.05) is 12.8 Å². The van der Waals surface area contributed by atoms with E-state index in [2.05, 4.69) is 43.4 Å². The van der Waals surface area contributed by atoms with Crippen LogP contribution >= 0.6 is 7.60 Å². The largest absolute Gasteiger partial charge is 0.333 e. The third kappa shape index (κ3) is 11.9. The summed E-state index contributed by atoms with van der Waals surface area (Å²) in [5, 5.41) is 0. The predicted molar refractivity (Wildman–Crippen MR) is 112 cm³/mol. The standard InChI is InChI=1S/C22H33O3P/c1-8-11-14-16-18-21(4,5)24-26(23,20-13-10-3)25-22(6,7)19-17-15-12-9-2/h8-10H,1-3,11-15,20H2,4-7H3. The normalized spacial score (nSPS) is 11.5. The van der Waals surface area contributed by atoms with Crippen LogP contribution in [0, 0.1) is 23.7 Å². The molecule has 0 aromatic carbocycles. The minimum Gasteiger partial charge on any atom is -0.289 e. The highest BCUT2D eigenvalue weighted by Crippen LogP contribution is 2.54. The van der Waals surface area contributed by atoms with Gasteiger partial charge in [0.15, 0.2) is 0 Å². The molecular weight excluding hydrogens is 343 g/mol. The molecule has 0 saturated heterocycles. The molecule has 0 saturated carbocycles. The van der Waals surface area contributed by atoms with Gasteiger partial charge in [-0.1, -0.05) is 41.9 Å². The van der Waals surface area contributed by atoms with Crippen molar-refractivity contribution >= 4 is 7.60 Å². The molecule has 144 valence electrons. The minimum atomic E-state index is -3.41. The van der Waals surface area contributed by atoms with E-state index in [0.717, 1.165) is 12.8 Å². The molecule has 4 heteroatoms. The molecule has 0 atom stereocenters. The Morgan fingerprint density at radius 2 is 1.19 bits per heavy atom. The van der Waals surface area contributed by atoms with Crippen LogP contribution in [-0.4, -0.2) is 17.4 Å². The Balaban J connectivity index is 5.27. The van der Waals surface area contributed by atoms with Crippen molar-refractivity contribution in [2.75, 3.05) is 6.16 Å². The Morgan fingerprint density at radius 3 is 1.54 bits per heavy atom. The Bertz CT molecular complexity index is 588. The molecule has 0 amide bonds. The van der Waals surface area contributed by atoms with Crippen LogP contribution < -0.4 is 0 Å². The van der Waals surface area contributed by atoms with E-state index in [9.17, 15) is 4.57 Å². The molecule has 0 unspecified atom stereocenters. The molecule has 0 radical (unpaired) electrons. The molecule has 26 heavy (non-hydrogen) atoms. The quantitative estimate of drug-likeness (QED) is 0.184. The molecule has 0 aromatic rings. The van der Waals surface area contributed by atoms with Crippen LogP contribution in [0.25, 0.3) is 0 Å². The van der Waals surface area contributed by atoms with E-state index in [1.54, 1.807) is 33.8 Å². The van der Waals surface area contributed by atoms with Gasteiger partial charge in [0.05, 0.1) is 6.16 Å². The molecule has 0 aliphatic carbocycles. The van der Waals surface area contributed by atoms with Gasteiger partial charge in [0.2, 0.25) is 0 Å². The zero-order chi connectivity index (χ0) is 20.1. The lowest BCUT2D eigenvalue weighted by Crippen LogP contribution is -2.27. The fourth-order valence-corrected chi connectivity index (χ4v) is 4.20. The third-order valence-corrected chi connectivity index (χ3v) is 5.34. The SMILES string of the molecule is C=CCCC#CC(C)(C)OP(=O)(CCC=C)OC(C)(C)C#CCCC=C. The maximum Gasteiger partial charge on any atom is 0.333 e.